The number of benzene rings is 2. The number of fused-ring (bicyclic) bond motifs is 1. The fourth-order valence-corrected chi connectivity index (χ4v) is 6.20. The van der Waals surface area contributed by atoms with Crippen molar-refractivity contribution in [2.45, 2.75) is 38.4 Å². The second kappa shape index (κ2) is 14.1. The Hall–Kier alpha value is -3.48. The molecule has 3 heterocycles. The molecular formula is C32H38F4N4O4. The maximum Gasteiger partial charge on any atom is 0.309 e. The number of methoxy groups -OCH3 is 1. The molecule has 44 heavy (non-hydrogen) atoms. The molecule has 0 unspecified atom stereocenters. The normalized spacial score (nSPS) is 18.3. The van der Waals surface area contributed by atoms with Crippen molar-refractivity contribution in [2.75, 3.05) is 64.9 Å². The van der Waals surface area contributed by atoms with Crippen molar-refractivity contribution < 1.29 is 36.9 Å². The monoisotopic (exact) mass is 618 g/mol. The highest BCUT2D eigenvalue weighted by Crippen LogP contribution is 2.41. The van der Waals surface area contributed by atoms with Crippen LogP contribution in [-0.4, -0.2) is 85.5 Å². The minimum absolute atomic E-state index is 0.0436. The number of nitrogens with zero attached hydrogens (tertiary/aromatic N) is 3. The van der Waals surface area contributed by atoms with Crippen LogP contribution >= 0.6 is 0 Å². The summed E-state index contributed by atoms with van der Waals surface area (Å²) < 4.78 is 67.5. The molecule has 2 aromatic carbocycles. The summed E-state index contributed by atoms with van der Waals surface area (Å²) in [4.78, 5) is 21.4. The van der Waals surface area contributed by atoms with Crippen LogP contribution in [0.5, 0.6) is 5.75 Å². The number of aromatic nitrogens is 1. The Balaban J connectivity index is 1.25. The van der Waals surface area contributed by atoms with Gasteiger partial charge in [-0.1, -0.05) is 0 Å². The zero-order chi connectivity index (χ0) is 31.3. The molecule has 0 amide bonds. The minimum Gasteiger partial charge on any atom is -0.497 e. The lowest BCUT2D eigenvalue weighted by atomic mass is 9.74. The van der Waals surface area contributed by atoms with Crippen LogP contribution in [0.1, 0.15) is 43.0 Å². The van der Waals surface area contributed by atoms with Crippen molar-refractivity contribution in [2.24, 2.45) is 5.41 Å². The zero-order valence-electron chi connectivity index (χ0n) is 24.8. The van der Waals surface area contributed by atoms with Gasteiger partial charge in [-0.05, 0) is 62.5 Å². The fraction of sp³-hybridized carbons (Fsp3) is 0.500. The average molecular weight is 619 g/mol. The smallest absolute Gasteiger partial charge is 0.309 e. The molecule has 1 aromatic heterocycles. The Morgan fingerprint density at radius 1 is 1.09 bits per heavy atom. The van der Waals surface area contributed by atoms with Crippen molar-refractivity contribution in [3.8, 4) is 5.75 Å². The summed E-state index contributed by atoms with van der Waals surface area (Å²) in [6, 6.07) is 7.17. The second-order valence-corrected chi connectivity index (χ2v) is 11.6. The number of piperidine rings is 1. The van der Waals surface area contributed by atoms with Crippen LogP contribution in [0.4, 0.5) is 23.2 Å². The van der Waals surface area contributed by atoms with Gasteiger partial charge in [-0.2, -0.15) is 0 Å². The van der Waals surface area contributed by atoms with Gasteiger partial charge in [0.05, 0.1) is 31.3 Å². The number of carboxylic acids is 1. The first-order valence-corrected chi connectivity index (χ1v) is 14.9. The van der Waals surface area contributed by atoms with Gasteiger partial charge < -0.3 is 24.8 Å². The van der Waals surface area contributed by atoms with E-state index in [9.17, 15) is 23.1 Å². The first-order chi connectivity index (χ1) is 21.2. The zero-order valence-corrected chi connectivity index (χ0v) is 24.8. The number of morpholine rings is 1. The van der Waals surface area contributed by atoms with Crippen LogP contribution in [0.15, 0.2) is 36.5 Å². The third-order valence-corrected chi connectivity index (χ3v) is 8.89. The molecular weight excluding hydrogens is 580 g/mol. The van der Waals surface area contributed by atoms with Gasteiger partial charge in [-0.3, -0.25) is 14.7 Å². The lowest BCUT2D eigenvalue weighted by molar-refractivity contribution is -0.153. The van der Waals surface area contributed by atoms with Crippen LogP contribution in [0.3, 0.4) is 0 Å². The molecule has 0 radical (unpaired) electrons. The van der Waals surface area contributed by atoms with E-state index in [1.54, 1.807) is 31.5 Å². The molecule has 238 valence electrons. The first kappa shape index (κ1) is 31.9. The number of carboxylic acid groups (broad SMARTS) is 1. The lowest BCUT2D eigenvalue weighted by Gasteiger charge is -2.39. The standard InChI is InChI=1S/C32H38F4N4O4/c1-43-23-2-3-28-24(18-23)29(21(19-38-28)20-40-12-14-44-15-13-40)25(33)4-5-32(31(41)42)6-9-39(10-7-32)11-8-37-22-16-26(34)30(36)27(35)17-22/h2-3,16-19,25,37H,4-15,20H2,1H3,(H,41,42)/t25-/m0/s1. The van der Waals surface area contributed by atoms with E-state index >= 15 is 4.39 Å². The Labute approximate surface area is 253 Å². The Kier molecular flexibility index (Phi) is 10.2. The van der Waals surface area contributed by atoms with Crippen LogP contribution < -0.4 is 10.1 Å². The average Bonchev–Trinajstić information content (AvgIpc) is 3.03. The van der Waals surface area contributed by atoms with Gasteiger partial charge in [0, 0.05) is 67.7 Å². The molecule has 2 saturated heterocycles. The van der Waals surface area contributed by atoms with Crippen molar-refractivity contribution in [1.82, 2.24) is 14.8 Å². The van der Waals surface area contributed by atoms with E-state index in [-0.39, 0.29) is 18.5 Å². The molecule has 2 aliphatic heterocycles. The van der Waals surface area contributed by atoms with E-state index in [4.69, 9.17) is 9.47 Å². The predicted octanol–water partition coefficient (Wildman–Crippen LogP) is 5.56. The van der Waals surface area contributed by atoms with Gasteiger partial charge in [0.15, 0.2) is 17.5 Å². The number of rotatable bonds is 12. The highest BCUT2D eigenvalue weighted by molar-refractivity contribution is 5.85. The number of carbonyl (C=O) groups is 1. The number of hydrogen-bond donors (Lipinski definition) is 2. The van der Waals surface area contributed by atoms with Gasteiger partial charge in [0.1, 0.15) is 11.9 Å². The molecule has 0 aliphatic carbocycles. The highest BCUT2D eigenvalue weighted by Gasteiger charge is 2.42. The van der Waals surface area contributed by atoms with Gasteiger partial charge in [-0.15, -0.1) is 0 Å². The summed E-state index contributed by atoms with van der Waals surface area (Å²) >= 11 is 0. The topological polar surface area (TPSA) is 87.2 Å². The van der Waals surface area contributed by atoms with Crippen LogP contribution in [0.25, 0.3) is 10.9 Å². The molecule has 0 spiro atoms. The number of pyridine rings is 1. The van der Waals surface area contributed by atoms with Crippen LogP contribution in [0, 0.1) is 22.9 Å². The summed E-state index contributed by atoms with van der Waals surface area (Å²) in [5.41, 5.74) is 1.00. The molecule has 5 rings (SSSR count). The lowest BCUT2D eigenvalue weighted by Crippen LogP contribution is -2.45. The van der Waals surface area contributed by atoms with E-state index in [2.05, 4.69) is 20.1 Å². The molecule has 3 aromatic rings. The summed E-state index contributed by atoms with van der Waals surface area (Å²) in [5, 5.41) is 13.8. The van der Waals surface area contributed by atoms with E-state index in [0.29, 0.717) is 81.0 Å². The van der Waals surface area contributed by atoms with Crippen molar-refractivity contribution >= 4 is 22.6 Å². The molecule has 0 bridgehead atoms. The molecule has 12 heteroatoms. The summed E-state index contributed by atoms with van der Waals surface area (Å²) in [5.74, 6) is -4.40. The molecule has 0 saturated carbocycles. The summed E-state index contributed by atoms with van der Waals surface area (Å²) in [6.45, 7) is 5.00. The number of alkyl halides is 1. The van der Waals surface area contributed by atoms with Crippen molar-refractivity contribution in [3.05, 3.63) is 65.1 Å². The number of aliphatic carboxylic acids is 1. The van der Waals surface area contributed by atoms with Crippen LogP contribution in [-0.2, 0) is 16.1 Å². The van der Waals surface area contributed by atoms with E-state index in [1.165, 1.54) is 0 Å². The summed E-state index contributed by atoms with van der Waals surface area (Å²) in [7, 11) is 1.56. The van der Waals surface area contributed by atoms with Gasteiger partial charge in [0.25, 0.3) is 0 Å². The number of nitrogens with one attached hydrogen (secondary N) is 1. The molecule has 2 N–H and O–H groups in total. The number of anilines is 1. The number of likely N-dealkylation sites (tertiary alicyclic amines) is 1. The molecule has 2 aliphatic rings. The second-order valence-electron chi connectivity index (χ2n) is 11.6. The van der Waals surface area contributed by atoms with Crippen molar-refractivity contribution in [3.63, 3.8) is 0 Å². The number of ether oxygens (including phenoxy) is 2. The number of hydrogen-bond acceptors (Lipinski definition) is 7. The highest BCUT2D eigenvalue weighted by atomic mass is 19.2. The summed E-state index contributed by atoms with van der Waals surface area (Å²) in [6.07, 6.45) is 1.23. The maximum absolute atomic E-state index is 16.4. The Bertz CT molecular complexity index is 1440. The fourth-order valence-electron chi connectivity index (χ4n) is 6.20. The Morgan fingerprint density at radius 2 is 1.80 bits per heavy atom. The molecule has 8 nitrogen and oxygen atoms in total. The molecule has 2 fully saturated rings. The van der Waals surface area contributed by atoms with E-state index < -0.39 is 35.0 Å². The third kappa shape index (κ3) is 7.24. The number of halogens is 4. The first-order valence-electron chi connectivity index (χ1n) is 14.9. The largest absolute Gasteiger partial charge is 0.497 e. The van der Waals surface area contributed by atoms with E-state index in [1.807, 2.05) is 0 Å². The van der Waals surface area contributed by atoms with Gasteiger partial charge in [0.2, 0.25) is 0 Å². The van der Waals surface area contributed by atoms with E-state index in [0.717, 1.165) is 30.8 Å². The van der Waals surface area contributed by atoms with Crippen LogP contribution in [0.2, 0.25) is 0 Å². The van der Waals surface area contributed by atoms with Gasteiger partial charge in [-0.25, -0.2) is 17.6 Å². The van der Waals surface area contributed by atoms with Gasteiger partial charge >= 0.3 is 5.97 Å². The van der Waals surface area contributed by atoms with Crippen molar-refractivity contribution in [1.29, 1.82) is 0 Å². The Morgan fingerprint density at radius 3 is 2.45 bits per heavy atom. The quantitative estimate of drug-likeness (QED) is 0.202. The molecule has 1 atom stereocenters. The SMILES string of the molecule is COc1ccc2ncc(CN3CCOCC3)c([C@@H](F)CCC3(C(=O)O)CCN(CCNc4cc(F)c(F)c(F)c4)CC3)c2c1. The predicted molar refractivity (Wildman–Crippen MR) is 158 cm³/mol. The minimum atomic E-state index is -1.52. The maximum atomic E-state index is 16.4. The third-order valence-electron chi connectivity index (χ3n) is 8.89.